The molecule has 0 amide bonds. The first-order valence-electron chi connectivity index (χ1n) is 11.4. The lowest BCUT2D eigenvalue weighted by Gasteiger charge is -2.22. The van der Waals surface area contributed by atoms with Crippen LogP contribution < -0.4 is 5.32 Å². The Bertz CT molecular complexity index is 351. The molecule has 10 heteroatoms. The molecule has 0 aromatic rings. The maximum absolute atomic E-state index is 11.8. The van der Waals surface area contributed by atoms with Crippen LogP contribution >= 0.6 is 0 Å². The number of piperidine rings is 1. The van der Waals surface area contributed by atoms with Crippen LogP contribution in [0.3, 0.4) is 0 Å². The van der Waals surface area contributed by atoms with Crippen molar-refractivity contribution in [3.05, 3.63) is 0 Å². The summed E-state index contributed by atoms with van der Waals surface area (Å²) in [5.74, 6) is 0. The average Bonchev–Trinajstić information content (AvgIpc) is 2.80. The van der Waals surface area contributed by atoms with E-state index in [2.05, 4.69) is 5.32 Å². The standard InChI is InChI=1S/C21H42FNO8/c22-3-6-24-7-8-25-9-10-26-11-12-27-13-14-28-15-16-29-17-18-30-19-20-31-21-1-4-23-5-2-21/h21,23H,1-20H2. The first kappa shape index (κ1) is 28.6. The summed E-state index contributed by atoms with van der Waals surface area (Å²) in [7, 11) is 0. The van der Waals surface area contributed by atoms with E-state index in [1.165, 1.54) is 0 Å². The Balaban J connectivity index is 1.62. The molecule has 0 aromatic carbocycles. The van der Waals surface area contributed by atoms with E-state index >= 15 is 0 Å². The topological polar surface area (TPSA) is 85.9 Å². The summed E-state index contributed by atoms with van der Waals surface area (Å²) in [5.41, 5.74) is 0. The Kier molecular flexibility index (Phi) is 22.3. The Morgan fingerprint density at radius 1 is 0.484 bits per heavy atom. The molecule has 0 aromatic heterocycles. The molecule has 0 saturated carbocycles. The van der Waals surface area contributed by atoms with Crippen molar-refractivity contribution in [2.24, 2.45) is 0 Å². The summed E-state index contributed by atoms with van der Waals surface area (Å²) in [6, 6.07) is 0. The second-order valence-electron chi connectivity index (χ2n) is 6.80. The number of ether oxygens (including phenoxy) is 8. The van der Waals surface area contributed by atoms with E-state index in [0.717, 1.165) is 25.9 Å². The van der Waals surface area contributed by atoms with Crippen molar-refractivity contribution in [1.29, 1.82) is 0 Å². The lowest BCUT2D eigenvalue weighted by Crippen LogP contribution is -2.33. The fourth-order valence-corrected chi connectivity index (χ4v) is 2.71. The van der Waals surface area contributed by atoms with Gasteiger partial charge in [0.05, 0.1) is 105 Å². The van der Waals surface area contributed by atoms with Crippen LogP contribution in [0.5, 0.6) is 0 Å². The van der Waals surface area contributed by atoms with Crippen LogP contribution in [0.4, 0.5) is 4.39 Å². The third kappa shape index (κ3) is 21.2. The Hall–Kier alpha value is -0.430. The minimum Gasteiger partial charge on any atom is -0.377 e. The molecule has 1 aliphatic heterocycles. The molecule has 1 rings (SSSR count). The highest BCUT2D eigenvalue weighted by Crippen LogP contribution is 2.06. The van der Waals surface area contributed by atoms with Crippen molar-refractivity contribution in [2.75, 3.05) is 119 Å². The maximum Gasteiger partial charge on any atom is 0.113 e. The summed E-state index contributed by atoms with van der Waals surface area (Å²) in [4.78, 5) is 0. The number of hydrogen-bond donors (Lipinski definition) is 1. The van der Waals surface area contributed by atoms with E-state index in [0.29, 0.717) is 98.6 Å². The Morgan fingerprint density at radius 2 is 0.806 bits per heavy atom. The zero-order valence-corrected chi connectivity index (χ0v) is 18.9. The Labute approximate surface area is 186 Å². The van der Waals surface area contributed by atoms with Gasteiger partial charge in [0.1, 0.15) is 6.67 Å². The van der Waals surface area contributed by atoms with E-state index in [1.54, 1.807) is 0 Å². The largest absolute Gasteiger partial charge is 0.377 e. The lowest BCUT2D eigenvalue weighted by atomic mass is 10.1. The molecule has 0 aliphatic carbocycles. The van der Waals surface area contributed by atoms with Crippen LogP contribution in [0.25, 0.3) is 0 Å². The van der Waals surface area contributed by atoms with Gasteiger partial charge in [-0.1, -0.05) is 0 Å². The fourth-order valence-electron chi connectivity index (χ4n) is 2.71. The minimum atomic E-state index is -0.465. The molecule has 9 nitrogen and oxygen atoms in total. The van der Waals surface area contributed by atoms with Crippen LogP contribution in [-0.2, 0) is 37.9 Å². The summed E-state index contributed by atoms with van der Waals surface area (Å²) in [5, 5.41) is 3.32. The molecule has 1 heterocycles. The molecule has 0 atom stereocenters. The molecule has 1 aliphatic rings. The van der Waals surface area contributed by atoms with Crippen molar-refractivity contribution < 1.29 is 42.3 Å². The van der Waals surface area contributed by atoms with Crippen molar-refractivity contribution >= 4 is 0 Å². The van der Waals surface area contributed by atoms with Gasteiger partial charge >= 0.3 is 0 Å². The van der Waals surface area contributed by atoms with Gasteiger partial charge in [0, 0.05) is 0 Å². The van der Waals surface area contributed by atoms with Crippen molar-refractivity contribution in [1.82, 2.24) is 5.32 Å². The molecule has 31 heavy (non-hydrogen) atoms. The molecule has 0 unspecified atom stereocenters. The van der Waals surface area contributed by atoms with Crippen LogP contribution in [0, 0.1) is 0 Å². The van der Waals surface area contributed by atoms with Gasteiger partial charge in [-0.25, -0.2) is 4.39 Å². The van der Waals surface area contributed by atoms with Gasteiger partial charge in [0.15, 0.2) is 0 Å². The van der Waals surface area contributed by atoms with Gasteiger partial charge in [-0.3, -0.25) is 0 Å². The second kappa shape index (κ2) is 24.2. The summed E-state index contributed by atoms with van der Waals surface area (Å²) in [6.45, 7) is 9.08. The zero-order chi connectivity index (χ0) is 22.1. The van der Waals surface area contributed by atoms with Crippen LogP contribution in [0.2, 0.25) is 0 Å². The SMILES string of the molecule is FCCOCCOCCOCCOCCOCCOCCOCCOC1CCNCC1. The van der Waals surface area contributed by atoms with Crippen LogP contribution in [0.1, 0.15) is 12.8 Å². The van der Waals surface area contributed by atoms with Gasteiger partial charge in [-0.15, -0.1) is 0 Å². The van der Waals surface area contributed by atoms with E-state index < -0.39 is 6.67 Å². The quantitative estimate of drug-likeness (QED) is 0.213. The predicted octanol–water partition coefficient (Wildman–Crippen LogP) is 0.841. The minimum absolute atomic E-state index is 0.123. The molecular formula is C21H42FNO8. The molecule has 0 spiro atoms. The predicted molar refractivity (Wildman–Crippen MR) is 114 cm³/mol. The van der Waals surface area contributed by atoms with E-state index in [-0.39, 0.29) is 6.61 Å². The van der Waals surface area contributed by atoms with Gasteiger partial charge in [0.25, 0.3) is 0 Å². The molecule has 186 valence electrons. The zero-order valence-electron chi connectivity index (χ0n) is 18.9. The fraction of sp³-hybridized carbons (Fsp3) is 1.00. The number of alkyl halides is 1. The molecule has 0 bridgehead atoms. The van der Waals surface area contributed by atoms with Gasteiger partial charge < -0.3 is 43.2 Å². The van der Waals surface area contributed by atoms with E-state index in [4.69, 9.17) is 37.9 Å². The molecule has 1 saturated heterocycles. The molecule has 1 fully saturated rings. The van der Waals surface area contributed by atoms with Crippen LogP contribution in [0.15, 0.2) is 0 Å². The van der Waals surface area contributed by atoms with Crippen molar-refractivity contribution in [3.8, 4) is 0 Å². The van der Waals surface area contributed by atoms with Crippen LogP contribution in [-0.4, -0.2) is 125 Å². The monoisotopic (exact) mass is 455 g/mol. The molecule has 1 N–H and O–H groups in total. The molecular weight excluding hydrogens is 413 g/mol. The van der Waals surface area contributed by atoms with Gasteiger partial charge in [-0.05, 0) is 25.9 Å². The summed E-state index contributed by atoms with van der Waals surface area (Å²) in [6.07, 6.45) is 2.54. The Morgan fingerprint density at radius 3 is 1.16 bits per heavy atom. The lowest BCUT2D eigenvalue weighted by molar-refractivity contribution is -0.0314. The number of halogens is 1. The third-order valence-corrected chi connectivity index (χ3v) is 4.32. The molecule has 0 radical (unpaired) electrons. The first-order valence-corrected chi connectivity index (χ1v) is 11.4. The second-order valence-corrected chi connectivity index (χ2v) is 6.80. The number of nitrogens with one attached hydrogen (secondary N) is 1. The maximum atomic E-state index is 11.8. The highest BCUT2D eigenvalue weighted by molar-refractivity contribution is 4.67. The van der Waals surface area contributed by atoms with E-state index in [9.17, 15) is 4.39 Å². The van der Waals surface area contributed by atoms with Gasteiger partial charge in [-0.2, -0.15) is 0 Å². The highest BCUT2D eigenvalue weighted by Gasteiger charge is 2.12. The van der Waals surface area contributed by atoms with Crippen molar-refractivity contribution in [2.45, 2.75) is 18.9 Å². The van der Waals surface area contributed by atoms with E-state index in [1.807, 2.05) is 0 Å². The number of hydrogen-bond acceptors (Lipinski definition) is 9. The smallest absolute Gasteiger partial charge is 0.113 e. The third-order valence-electron chi connectivity index (χ3n) is 4.32. The normalized spacial score (nSPS) is 15.0. The highest BCUT2D eigenvalue weighted by atomic mass is 19.1. The summed E-state index contributed by atoms with van der Waals surface area (Å²) < 4.78 is 54.9. The first-order chi connectivity index (χ1) is 15.4. The van der Waals surface area contributed by atoms with Crippen molar-refractivity contribution in [3.63, 3.8) is 0 Å². The summed E-state index contributed by atoms with van der Waals surface area (Å²) >= 11 is 0. The average molecular weight is 456 g/mol. The number of rotatable bonds is 24. The van der Waals surface area contributed by atoms with Gasteiger partial charge in [0.2, 0.25) is 0 Å².